The van der Waals surface area contributed by atoms with Gasteiger partial charge in [-0.2, -0.15) is 0 Å². The summed E-state index contributed by atoms with van der Waals surface area (Å²) in [6.45, 7) is 7.66. The Kier molecular flexibility index (Phi) is 3.06. The number of nitrogens with one attached hydrogen (secondary N) is 1. The van der Waals surface area contributed by atoms with Crippen molar-refractivity contribution in [3.05, 3.63) is 23.8 Å². The normalized spacial score (nSPS) is 19.6. The number of aliphatic hydroxyl groups excluding tert-OH is 1. The quantitative estimate of drug-likeness (QED) is 0.802. The van der Waals surface area contributed by atoms with Gasteiger partial charge in [0.25, 0.3) is 0 Å². The van der Waals surface area contributed by atoms with Crippen LogP contribution in [0.15, 0.2) is 18.2 Å². The molecular weight excluding hydrogens is 200 g/mol. The molecule has 3 heteroatoms. The fourth-order valence-corrected chi connectivity index (χ4v) is 2.51. The van der Waals surface area contributed by atoms with Crippen LogP contribution in [0.4, 0.5) is 11.4 Å². The Labute approximate surface area is 97.1 Å². The Morgan fingerprint density at radius 1 is 1.50 bits per heavy atom. The lowest BCUT2D eigenvalue weighted by molar-refractivity contribution is 0.281. The first-order chi connectivity index (χ1) is 7.65. The van der Waals surface area contributed by atoms with Crippen LogP contribution in [-0.4, -0.2) is 23.7 Å². The summed E-state index contributed by atoms with van der Waals surface area (Å²) in [4.78, 5) is 2.39. The van der Waals surface area contributed by atoms with Gasteiger partial charge < -0.3 is 15.3 Å². The Hall–Kier alpha value is -1.22. The molecule has 2 rings (SSSR count). The number of rotatable bonds is 2. The van der Waals surface area contributed by atoms with Gasteiger partial charge in [0.15, 0.2) is 0 Å². The minimum Gasteiger partial charge on any atom is -0.392 e. The van der Waals surface area contributed by atoms with Gasteiger partial charge in [0, 0.05) is 24.2 Å². The highest BCUT2D eigenvalue weighted by atomic mass is 16.3. The zero-order valence-electron chi connectivity index (χ0n) is 10.2. The highest BCUT2D eigenvalue weighted by molar-refractivity contribution is 5.76. The van der Waals surface area contributed by atoms with Gasteiger partial charge in [-0.25, -0.2) is 0 Å². The molecule has 0 bridgehead atoms. The van der Waals surface area contributed by atoms with E-state index in [-0.39, 0.29) is 6.61 Å². The van der Waals surface area contributed by atoms with Gasteiger partial charge in [0.05, 0.1) is 18.0 Å². The summed E-state index contributed by atoms with van der Waals surface area (Å²) in [5.41, 5.74) is 3.31. The molecule has 1 aromatic rings. The van der Waals surface area contributed by atoms with E-state index >= 15 is 0 Å². The number of fused-ring (bicyclic) bond motifs is 1. The van der Waals surface area contributed by atoms with Crippen molar-refractivity contribution in [2.75, 3.05) is 16.8 Å². The maximum absolute atomic E-state index is 9.42. The van der Waals surface area contributed by atoms with Crippen molar-refractivity contribution in [2.24, 2.45) is 0 Å². The third-order valence-electron chi connectivity index (χ3n) is 3.17. The summed E-state index contributed by atoms with van der Waals surface area (Å²) in [6.07, 6.45) is 0. The fourth-order valence-electron chi connectivity index (χ4n) is 2.51. The third kappa shape index (κ3) is 1.76. The summed E-state index contributed by atoms with van der Waals surface area (Å²) < 4.78 is 0. The van der Waals surface area contributed by atoms with E-state index in [1.54, 1.807) is 0 Å². The molecular formula is C13H20N2O. The predicted molar refractivity (Wildman–Crippen MR) is 67.9 cm³/mol. The van der Waals surface area contributed by atoms with E-state index < -0.39 is 0 Å². The predicted octanol–water partition coefficient (Wildman–Crippen LogP) is 2.21. The average molecular weight is 220 g/mol. The van der Waals surface area contributed by atoms with Crippen LogP contribution in [0.25, 0.3) is 0 Å². The zero-order chi connectivity index (χ0) is 11.7. The lowest BCUT2D eigenvalue weighted by atomic mass is 10.0. The van der Waals surface area contributed by atoms with E-state index in [0.717, 1.165) is 17.8 Å². The van der Waals surface area contributed by atoms with Gasteiger partial charge >= 0.3 is 0 Å². The summed E-state index contributed by atoms with van der Waals surface area (Å²) in [5, 5.41) is 12.8. The summed E-state index contributed by atoms with van der Waals surface area (Å²) in [6, 6.07) is 6.97. The number of hydrogen-bond donors (Lipinski definition) is 2. The highest BCUT2D eigenvalue weighted by Gasteiger charge is 2.26. The van der Waals surface area contributed by atoms with Crippen molar-refractivity contribution < 1.29 is 5.11 Å². The molecule has 1 heterocycles. The minimum absolute atomic E-state index is 0.0980. The van der Waals surface area contributed by atoms with E-state index in [1.807, 2.05) is 12.1 Å². The van der Waals surface area contributed by atoms with Crippen LogP contribution in [0.1, 0.15) is 26.3 Å². The minimum atomic E-state index is 0.0980. The smallest absolute Gasteiger partial charge is 0.0702 e. The molecule has 16 heavy (non-hydrogen) atoms. The molecule has 0 aromatic heterocycles. The monoisotopic (exact) mass is 220 g/mol. The molecule has 1 atom stereocenters. The first kappa shape index (κ1) is 11.3. The van der Waals surface area contributed by atoms with Gasteiger partial charge in [-0.3, -0.25) is 0 Å². The molecule has 1 unspecified atom stereocenters. The number of benzene rings is 1. The second-order valence-corrected chi connectivity index (χ2v) is 4.70. The second-order valence-electron chi connectivity index (χ2n) is 4.70. The molecule has 88 valence electrons. The SMILES string of the molecule is CC(C)N1c2c(CO)cccc2NCC1C. The molecule has 0 amide bonds. The summed E-state index contributed by atoms with van der Waals surface area (Å²) in [5.74, 6) is 0. The molecule has 0 saturated heterocycles. The number of hydrogen-bond acceptors (Lipinski definition) is 3. The maximum atomic E-state index is 9.42. The molecule has 1 aliphatic heterocycles. The summed E-state index contributed by atoms with van der Waals surface area (Å²) in [7, 11) is 0. The summed E-state index contributed by atoms with van der Waals surface area (Å²) >= 11 is 0. The highest BCUT2D eigenvalue weighted by Crippen LogP contribution is 2.36. The molecule has 1 aromatic carbocycles. The van der Waals surface area contributed by atoms with Gasteiger partial charge in [-0.05, 0) is 26.8 Å². The molecule has 0 saturated carbocycles. The number of aliphatic hydroxyl groups is 1. The van der Waals surface area contributed by atoms with Crippen molar-refractivity contribution in [2.45, 2.75) is 39.5 Å². The van der Waals surface area contributed by atoms with Crippen LogP contribution >= 0.6 is 0 Å². The third-order valence-corrected chi connectivity index (χ3v) is 3.17. The van der Waals surface area contributed by atoms with Crippen molar-refractivity contribution in [1.29, 1.82) is 0 Å². The van der Waals surface area contributed by atoms with Crippen LogP contribution in [0.2, 0.25) is 0 Å². The Bertz CT molecular complexity index is 362. The number of nitrogens with zero attached hydrogens (tertiary/aromatic N) is 1. The van der Waals surface area contributed by atoms with Gasteiger partial charge in [0.1, 0.15) is 0 Å². The molecule has 0 spiro atoms. The van der Waals surface area contributed by atoms with Gasteiger partial charge in [-0.15, -0.1) is 0 Å². The Morgan fingerprint density at radius 2 is 2.25 bits per heavy atom. The van der Waals surface area contributed by atoms with Crippen LogP contribution in [0.3, 0.4) is 0 Å². The van der Waals surface area contributed by atoms with E-state index in [1.165, 1.54) is 5.69 Å². The van der Waals surface area contributed by atoms with E-state index in [0.29, 0.717) is 12.1 Å². The van der Waals surface area contributed by atoms with Crippen LogP contribution in [0, 0.1) is 0 Å². The van der Waals surface area contributed by atoms with E-state index in [4.69, 9.17) is 0 Å². The molecule has 1 aliphatic rings. The van der Waals surface area contributed by atoms with Crippen molar-refractivity contribution >= 4 is 11.4 Å². The van der Waals surface area contributed by atoms with Crippen molar-refractivity contribution in [3.8, 4) is 0 Å². The average Bonchev–Trinajstić information content (AvgIpc) is 2.27. The lowest BCUT2D eigenvalue weighted by Crippen LogP contribution is -2.46. The van der Waals surface area contributed by atoms with Gasteiger partial charge in [0.2, 0.25) is 0 Å². The van der Waals surface area contributed by atoms with Crippen LogP contribution < -0.4 is 10.2 Å². The largest absolute Gasteiger partial charge is 0.392 e. The standard InChI is InChI=1S/C13H20N2O/c1-9(2)15-10(3)7-14-12-6-4-5-11(8-16)13(12)15/h4-6,9-10,14,16H,7-8H2,1-3H3. The topological polar surface area (TPSA) is 35.5 Å². The number of para-hydroxylation sites is 1. The maximum Gasteiger partial charge on any atom is 0.0702 e. The lowest BCUT2D eigenvalue weighted by Gasteiger charge is -2.41. The second kappa shape index (κ2) is 4.34. The van der Waals surface area contributed by atoms with Crippen molar-refractivity contribution in [3.63, 3.8) is 0 Å². The fraction of sp³-hybridized carbons (Fsp3) is 0.538. The first-order valence-electron chi connectivity index (χ1n) is 5.90. The van der Waals surface area contributed by atoms with Crippen LogP contribution in [-0.2, 0) is 6.61 Å². The van der Waals surface area contributed by atoms with Crippen molar-refractivity contribution in [1.82, 2.24) is 0 Å². The van der Waals surface area contributed by atoms with E-state index in [2.05, 4.69) is 37.1 Å². The number of anilines is 2. The Balaban J connectivity index is 2.52. The molecule has 3 nitrogen and oxygen atoms in total. The van der Waals surface area contributed by atoms with E-state index in [9.17, 15) is 5.11 Å². The molecule has 2 N–H and O–H groups in total. The molecule has 0 fully saturated rings. The molecule has 0 radical (unpaired) electrons. The first-order valence-corrected chi connectivity index (χ1v) is 5.90. The van der Waals surface area contributed by atoms with Gasteiger partial charge in [-0.1, -0.05) is 12.1 Å². The van der Waals surface area contributed by atoms with Crippen LogP contribution in [0.5, 0.6) is 0 Å². The Morgan fingerprint density at radius 3 is 2.88 bits per heavy atom. The zero-order valence-corrected chi connectivity index (χ0v) is 10.2. The molecule has 0 aliphatic carbocycles.